The zero-order valence-electron chi connectivity index (χ0n) is 8.76. The average Bonchev–Trinajstić information content (AvgIpc) is 2.39. The van der Waals surface area contributed by atoms with E-state index >= 15 is 0 Å². The number of hydrazine groups is 1. The molecule has 0 spiro atoms. The molecule has 88 valence electrons. The summed E-state index contributed by atoms with van der Waals surface area (Å²) < 4.78 is 0.750. The molecule has 17 heavy (non-hydrogen) atoms. The van der Waals surface area contributed by atoms with Crippen LogP contribution in [0.1, 0.15) is 5.69 Å². The third kappa shape index (κ3) is 3.08. The van der Waals surface area contributed by atoms with Crippen LogP contribution in [0.15, 0.2) is 29.0 Å². The molecule has 0 amide bonds. The molecule has 0 aliphatic heterocycles. The van der Waals surface area contributed by atoms with E-state index in [1.807, 2.05) is 12.1 Å². The first kappa shape index (κ1) is 11.7. The zero-order chi connectivity index (χ0) is 12.1. The van der Waals surface area contributed by atoms with Crippen LogP contribution in [-0.4, -0.2) is 20.2 Å². The van der Waals surface area contributed by atoms with Crippen LogP contribution < -0.4 is 16.6 Å². The summed E-state index contributed by atoms with van der Waals surface area (Å²) in [7, 11) is 0. The number of nitrogens with one attached hydrogen (secondary N) is 2. The summed E-state index contributed by atoms with van der Waals surface area (Å²) in [6, 6.07) is 3.70. The van der Waals surface area contributed by atoms with E-state index in [9.17, 15) is 0 Å². The van der Waals surface area contributed by atoms with Crippen molar-refractivity contribution in [3.63, 3.8) is 0 Å². The minimum Gasteiger partial charge on any atom is -0.363 e. The fourth-order valence-electron chi connectivity index (χ4n) is 1.16. The van der Waals surface area contributed by atoms with Crippen LogP contribution in [0.25, 0.3) is 0 Å². The molecule has 0 unspecified atom stereocenters. The highest BCUT2D eigenvalue weighted by atomic mass is 79.9. The Morgan fingerprint density at radius 2 is 2.29 bits per heavy atom. The summed E-state index contributed by atoms with van der Waals surface area (Å²) in [5.41, 5.74) is 3.20. The predicted octanol–water partition coefficient (Wildman–Crippen LogP) is 0.927. The van der Waals surface area contributed by atoms with Crippen molar-refractivity contribution in [3.8, 4) is 0 Å². The fraction of sp³-hybridized carbons (Fsp3) is 0.111. The Balaban J connectivity index is 2.08. The van der Waals surface area contributed by atoms with Crippen LogP contribution in [-0.2, 0) is 6.54 Å². The molecule has 2 rings (SSSR count). The van der Waals surface area contributed by atoms with E-state index in [1.165, 1.54) is 0 Å². The van der Waals surface area contributed by atoms with Crippen LogP contribution in [0, 0.1) is 0 Å². The highest BCUT2D eigenvalue weighted by molar-refractivity contribution is 9.10. The number of anilines is 2. The van der Waals surface area contributed by atoms with E-state index in [0.29, 0.717) is 18.3 Å². The van der Waals surface area contributed by atoms with Crippen molar-refractivity contribution in [3.05, 3.63) is 34.7 Å². The minimum atomic E-state index is 0.342. The maximum Gasteiger partial charge on any atom is 0.239 e. The molecule has 2 aromatic rings. The van der Waals surface area contributed by atoms with E-state index in [4.69, 9.17) is 5.84 Å². The summed E-state index contributed by atoms with van der Waals surface area (Å²) in [6.07, 6.45) is 3.24. The van der Waals surface area contributed by atoms with Crippen molar-refractivity contribution >= 4 is 27.7 Å². The number of hydrogen-bond acceptors (Lipinski definition) is 7. The van der Waals surface area contributed by atoms with Crippen LogP contribution in [0.4, 0.5) is 11.8 Å². The first-order valence-corrected chi connectivity index (χ1v) is 5.58. The van der Waals surface area contributed by atoms with Crippen LogP contribution in [0.2, 0.25) is 0 Å². The van der Waals surface area contributed by atoms with Gasteiger partial charge in [0, 0.05) is 12.4 Å². The Bertz CT molecular complexity index is 490. The molecular formula is C9H10BrN7. The first-order chi connectivity index (χ1) is 8.29. The second-order valence-electron chi connectivity index (χ2n) is 3.10. The van der Waals surface area contributed by atoms with Crippen molar-refractivity contribution in [1.82, 2.24) is 20.2 Å². The molecule has 0 fully saturated rings. The summed E-state index contributed by atoms with van der Waals surface area (Å²) in [5.74, 6) is 6.22. The molecule has 0 atom stereocenters. The summed E-state index contributed by atoms with van der Waals surface area (Å²) in [5, 5.41) is 10.8. The number of halogens is 1. The van der Waals surface area contributed by atoms with Crippen LogP contribution in [0.5, 0.6) is 0 Å². The molecule has 0 bridgehead atoms. The lowest BCUT2D eigenvalue weighted by Crippen LogP contribution is -2.12. The van der Waals surface area contributed by atoms with Crippen molar-refractivity contribution < 1.29 is 0 Å². The number of rotatable bonds is 4. The molecule has 0 aromatic carbocycles. The van der Waals surface area contributed by atoms with Gasteiger partial charge in [-0.05, 0) is 28.1 Å². The van der Waals surface area contributed by atoms with Gasteiger partial charge in [0.15, 0.2) is 0 Å². The number of aromatic nitrogens is 4. The van der Waals surface area contributed by atoms with Crippen molar-refractivity contribution in [1.29, 1.82) is 0 Å². The van der Waals surface area contributed by atoms with Gasteiger partial charge in [-0.1, -0.05) is 0 Å². The topological polar surface area (TPSA) is 102 Å². The fourth-order valence-corrected chi connectivity index (χ4v) is 1.49. The predicted molar refractivity (Wildman–Crippen MR) is 66.9 cm³/mol. The van der Waals surface area contributed by atoms with Gasteiger partial charge in [-0.3, -0.25) is 5.43 Å². The normalized spacial score (nSPS) is 10.0. The molecular weight excluding hydrogens is 286 g/mol. The van der Waals surface area contributed by atoms with E-state index < -0.39 is 0 Å². The molecule has 0 aliphatic rings. The molecule has 7 nitrogen and oxygen atoms in total. The van der Waals surface area contributed by atoms with Gasteiger partial charge in [0.2, 0.25) is 5.95 Å². The van der Waals surface area contributed by atoms with Crippen molar-refractivity contribution in [2.45, 2.75) is 6.54 Å². The van der Waals surface area contributed by atoms with Crippen LogP contribution in [0.3, 0.4) is 0 Å². The number of nitrogen functional groups attached to an aromatic ring is 1. The molecule has 8 heteroatoms. The van der Waals surface area contributed by atoms with E-state index in [-0.39, 0.29) is 0 Å². The quantitative estimate of drug-likeness (QED) is 0.569. The lowest BCUT2D eigenvalue weighted by Gasteiger charge is -2.07. The van der Waals surface area contributed by atoms with Crippen LogP contribution >= 0.6 is 15.9 Å². The Morgan fingerprint density at radius 1 is 1.41 bits per heavy atom. The summed E-state index contributed by atoms with van der Waals surface area (Å²) >= 11 is 3.34. The van der Waals surface area contributed by atoms with Gasteiger partial charge in [-0.25, -0.2) is 10.8 Å². The molecule has 0 saturated carbocycles. The van der Waals surface area contributed by atoms with Gasteiger partial charge in [-0.2, -0.15) is 15.2 Å². The maximum absolute atomic E-state index is 5.24. The standard InChI is InChI=1S/C9H10BrN7/c10-7-5-13-9(16-11)15-8(7)12-4-6-2-1-3-14-17-6/h1-3,5H,4,11H2,(H2,12,13,15,16). The smallest absolute Gasteiger partial charge is 0.239 e. The lowest BCUT2D eigenvalue weighted by molar-refractivity contribution is 0.918. The Labute approximate surface area is 106 Å². The van der Waals surface area contributed by atoms with Crippen molar-refractivity contribution in [2.75, 3.05) is 10.7 Å². The number of hydrogen-bond donors (Lipinski definition) is 3. The largest absolute Gasteiger partial charge is 0.363 e. The van der Waals surface area contributed by atoms with E-state index in [1.54, 1.807) is 12.4 Å². The number of nitrogens with zero attached hydrogens (tertiary/aromatic N) is 4. The van der Waals surface area contributed by atoms with Gasteiger partial charge >= 0.3 is 0 Å². The second-order valence-corrected chi connectivity index (χ2v) is 3.96. The SMILES string of the molecule is NNc1ncc(Br)c(NCc2cccnn2)n1. The highest BCUT2D eigenvalue weighted by Gasteiger charge is 2.04. The minimum absolute atomic E-state index is 0.342. The van der Waals surface area contributed by atoms with Crippen molar-refractivity contribution in [2.24, 2.45) is 5.84 Å². The second kappa shape index (κ2) is 5.51. The lowest BCUT2D eigenvalue weighted by atomic mass is 10.4. The van der Waals surface area contributed by atoms with Gasteiger partial charge in [0.25, 0.3) is 0 Å². The Morgan fingerprint density at radius 3 is 3.00 bits per heavy atom. The van der Waals surface area contributed by atoms with E-state index in [0.717, 1.165) is 10.2 Å². The van der Waals surface area contributed by atoms with E-state index in [2.05, 4.69) is 46.8 Å². The first-order valence-electron chi connectivity index (χ1n) is 4.79. The third-order valence-electron chi connectivity index (χ3n) is 1.94. The molecule has 4 N–H and O–H groups in total. The highest BCUT2D eigenvalue weighted by Crippen LogP contribution is 2.20. The third-order valence-corrected chi connectivity index (χ3v) is 2.52. The monoisotopic (exact) mass is 295 g/mol. The Kier molecular flexibility index (Phi) is 3.78. The zero-order valence-corrected chi connectivity index (χ0v) is 10.3. The van der Waals surface area contributed by atoms with Gasteiger partial charge in [0.1, 0.15) is 5.82 Å². The molecule has 0 aliphatic carbocycles. The van der Waals surface area contributed by atoms with Gasteiger partial charge < -0.3 is 5.32 Å². The molecule has 0 radical (unpaired) electrons. The average molecular weight is 296 g/mol. The molecule has 0 saturated heterocycles. The van der Waals surface area contributed by atoms with Gasteiger partial charge in [0.05, 0.1) is 16.7 Å². The Hall–Kier alpha value is -1.80. The maximum atomic E-state index is 5.24. The summed E-state index contributed by atoms with van der Waals surface area (Å²) in [6.45, 7) is 0.521. The molecule has 2 heterocycles. The summed E-state index contributed by atoms with van der Waals surface area (Å²) in [4.78, 5) is 8.10. The molecule has 2 aromatic heterocycles. The van der Waals surface area contributed by atoms with Gasteiger partial charge in [-0.15, -0.1) is 0 Å². The number of nitrogens with two attached hydrogens (primary N) is 1.